The van der Waals surface area contributed by atoms with Crippen LogP contribution in [0.4, 0.5) is 15.8 Å². The zero-order valence-corrected chi connectivity index (χ0v) is 17.8. The number of primary amides is 1. The van der Waals surface area contributed by atoms with Gasteiger partial charge < -0.3 is 16.0 Å². The monoisotopic (exact) mass is 438 g/mol. The van der Waals surface area contributed by atoms with Crippen molar-refractivity contribution >= 4 is 29.1 Å². The molecule has 2 heterocycles. The van der Waals surface area contributed by atoms with Crippen molar-refractivity contribution in [2.45, 2.75) is 25.8 Å². The molecular weight excluding hydrogens is 411 g/mol. The van der Waals surface area contributed by atoms with Gasteiger partial charge in [0, 0.05) is 31.7 Å². The summed E-state index contributed by atoms with van der Waals surface area (Å²) in [6.45, 7) is 2.46. The summed E-state index contributed by atoms with van der Waals surface area (Å²) in [6, 6.07) is 13.6. The molecule has 0 bridgehead atoms. The highest BCUT2D eigenvalue weighted by atomic mass is 19.1. The number of likely N-dealkylation sites (tertiary alicyclic amines) is 1. The van der Waals surface area contributed by atoms with Gasteiger partial charge in [-0.05, 0) is 49.2 Å². The maximum Gasteiger partial charge on any atom is 0.229 e. The highest BCUT2D eigenvalue weighted by Gasteiger charge is 2.36. The van der Waals surface area contributed by atoms with Crippen LogP contribution in [-0.4, -0.2) is 42.3 Å². The van der Waals surface area contributed by atoms with Crippen LogP contribution < -0.4 is 16.0 Å². The third-order valence-electron chi connectivity index (χ3n) is 6.17. The lowest BCUT2D eigenvalue weighted by molar-refractivity contribution is -0.123. The van der Waals surface area contributed by atoms with E-state index in [0.29, 0.717) is 18.8 Å². The van der Waals surface area contributed by atoms with Gasteiger partial charge in [0.15, 0.2) is 0 Å². The average molecular weight is 439 g/mol. The summed E-state index contributed by atoms with van der Waals surface area (Å²) in [5.41, 5.74) is 7.37. The molecule has 4 rings (SSSR count). The minimum atomic E-state index is -0.541. The van der Waals surface area contributed by atoms with Gasteiger partial charge in [0.05, 0.1) is 17.5 Å². The lowest BCUT2D eigenvalue weighted by Gasteiger charge is -2.31. The van der Waals surface area contributed by atoms with Crippen LogP contribution in [0, 0.1) is 17.7 Å². The Hall–Kier alpha value is -3.26. The van der Waals surface area contributed by atoms with Crippen LogP contribution in [-0.2, 0) is 20.9 Å². The Balaban J connectivity index is 1.33. The summed E-state index contributed by atoms with van der Waals surface area (Å²) >= 11 is 0. The molecule has 0 spiro atoms. The van der Waals surface area contributed by atoms with Gasteiger partial charge in [-0.15, -0.1) is 0 Å². The van der Waals surface area contributed by atoms with Crippen LogP contribution in [0.3, 0.4) is 0 Å². The molecule has 0 aromatic heterocycles. The Morgan fingerprint density at radius 2 is 1.81 bits per heavy atom. The lowest BCUT2D eigenvalue weighted by atomic mass is 9.97. The van der Waals surface area contributed by atoms with Crippen molar-refractivity contribution in [3.05, 3.63) is 59.9 Å². The zero-order valence-electron chi connectivity index (χ0n) is 17.8. The molecule has 8 heteroatoms. The van der Waals surface area contributed by atoms with E-state index in [0.717, 1.165) is 24.9 Å². The van der Waals surface area contributed by atoms with Gasteiger partial charge >= 0.3 is 0 Å². The van der Waals surface area contributed by atoms with Gasteiger partial charge in [0.2, 0.25) is 17.7 Å². The van der Waals surface area contributed by atoms with E-state index in [4.69, 9.17) is 5.73 Å². The molecule has 2 aromatic rings. The molecule has 0 radical (unpaired) electrons. The van der Waals surface area contributed by atoms with Crippen LogP contribution in [0.1, 0.15) is 24.8 Å². The number of hydrogen-bond acceptors (Lipinski definition) is 4. The lowest BCUT2D eigenvalue weighted by Crippen LogP contribution is -2.40. The molecule has 2 fully saturated rings. The number of hydrogen-bond donors (Lipinski definition) is 2. The number of carbonyl (C=O) groups excluding carboxylic acids is 3. The number of piperidine rings is 1. The van der Waals surface area contributed by atoms with E-state index in [1.807, 2.05) is 24.3 Å². The second kappa shape index (κ2) is 9.48. The minimum Gasteiger partial charge on any atom is -0.369 e. The fraction of sp³-hybridized carbons (Fsp3) is 0.375. The van der Waals surface area contributed by atoms with Gasteiger partial charge in [-0.1, -0.05) is 24.3 Å². The Labute approximate surface area is 186 Å². The fourth-order valence-electron chi connectivity index (χ4n) is 4.41. The van der Waals surface area contributed by atoms with Gasteiger partial charge in [0.25, 0.3) is 0 Å². The SMILES string of the molecule is NC(=O)C1CCCN(Cc2ccc(NC(=O)C3CC(=O)N(c4ccccc4F)C3)cc2)C1. The van der Waals surface area contributed by atoms with Crippen molar-refractivity contribution in [3.8, 4) is 0 Å². The van der Waals surface area contributed by atoms with Crippen LogP contribution in [0.2, 0.25) is 0 Å². The molecule has 7 nitrogen and oxygen atoms in total. The maximum atomic E-state index is 14.0. The summed E-state index contributed by atoms with van der Waals surface area (Å²) in [5, 5.41) is 2.86. The van der Waals surface area contributed by atoms with Crippen LogP contribution in [0.25, 0.3) is 0 Å². The van der Waals surface area contributed by atoms with Crippen molar-refractivity contribution in [1.29, 1.82) is 0 Å². The van der Waals surface area contributed by atoms with E-state index in [-0.39, 0.29) is 42.3 Å². The van der Waals surface area contributed by atoms with Gasteiger partial charge in [-0.25, -0.2) is 4.39 Å². The van der Waals surface area contributed by atoms with Crippen molar-refractivity contribution in [1.82, 2.24) is 4.90 Å². The smallest absolute Gasteiger partial charge is 0.229 e. The van der Waals surface area contributed by atoms with Gasteiger partial charge in [-0.2, -0.15) is 0 Å². The summed E-state index contributed by atoms with van der Waals surface area (Å²) in [6.07, 6.45) is 1.84. The molecule has 3 N–H and O–H groups in total. The highest BCUT2D eigenvalue weighted by molar-refractivity contribution is 6.03. The predicted molar refractivity (Wildman–Crippen MR) is 119 cm³/mol. The summed E-state index contributed by atoms with van der Waals surface area (Å²) in [4.78, 5) is 40.0. The second-order valence-electron chi connectivity index (χ2n) is 8.52. The minimum absolute atomic E-state index is 0.0498. The second-order valence-corrected chi connectivity index (χ2v) is 8.52. The first-order valence-electron chi connectivity index (χ1n) is 10.9. The molecule has 2 aliphatic heterocycles. The number of para-hydroxylation sites is 1. The average Bonchev–Trinajstić information content (AvgIpc) is 3.17. The molecule has 2 unspecified atom stereocenters. The van der Waals surface area contributed by atoms with E-state index in [1.165, 1.54) is 11.0 Å². The number of halogens is 1. The van der Waals surface area contributed by atoms with Crippen LogP contribution in [0.15, 0.2) is 48.5 Å². The standard InChI is InChI=1S/C24H27FN4O3/c25-20-5-1-2-6-21(20)29-15-18(12-22(29)30)24(32)27-19-9-7-16(8-10-19)13-28-11-3-4-17(14-28)23(26)31/h1-2,5-10,17-18H,3-4,11-15H2,(H2,26,31)(H,27,32). The molecule has 3 amide bonds. The number of nitrogens with one attached hydrogen (secondary N) is 1. The number of nitrogens with zero attached hydrogens (tertiary/aromatic N) is 2. The number of amides is 3. The van der Waals surface area contributed by atoms with E-state index in [2.05, 4.69) is 10.2 Å². The summed E-state index contributed by atoms with van der Waals surface area (Å²) in [7, 11) is 0. The van der Waals surface area contributed by atoms with Crippen molar-refractivity contribution < 1.29 is 18.8 Å². The number of benzene rings is 2. The topological polar surface area (TPSA) is 95.7 Å². The Kier molecular flexibility index (Phi) is 6.50. The Morgan fingerprint density at radius 3 is 2.53 bits per heavy atom. The Morgan fingerprint density at radius 1 is 1.06 bits per heavy atom. The first kappa shape index (κ1) is 22.0. The normalized spacial score (nSPS) is 21.5. The molecular formula is C24H27FN4O3. The first-order valence-corrected chi connectivity index (χ1v) is 10.9. The quantitative estimate of drug-likeness (QED) is 0.725. The largest absolute Gasteiger partial charge is 0.369 e. The molecule has 2 aromatic carbocycles. The van der Waals surface area contributed by atoms with Gasteiger partial charge in [-0.3, -0.25) is 19.3 Å². The molecule has 32 heavy (non-hydrogen) atoms. The molecule has 0 saturated carbocycles. The fourth-order valence-corrected chi connectivity index (χ4v) is 4.41. The number of carbonyl (C=O) groups is 3. The van der Waals surface area contributed by atoms with E-state index >= 15 is 0 Å². The third-order valence-corrected chi connectivity index (χ3v) is 6.17. The Bertz CT molecular complexity index is 1010. The summed E-state index contributed by atoms with van der Waals surface area (Å²) < 4.78 is 14.0. The highest BCUT2D eigenvalue weighted by Crippen LogP contribution is 2.28. The predicted octanol–water partition coefficient (Wildman–Crippen LogP) is 2.51. The molecule has 2 saturated heterocycles. The summed E-state index contributed by atoms with van der Waals surface area (Å²) in [5.74, 6) is -1.88. The van der Waals surface area contributed by atoms with Crippen molar-refractivity contribution in [2.75, 3.05) is 29.9 Å². The van der Waals surface area contributed by atoms with Gasteiger partial charge in [0.1, 0.15) is 5.82 Å². The van der Waals surface area contributed by atoms with Crippen molar-refractivity contribution in [2.24, 2.45) is 17.6 Å². The van der Waals surface area contributed by atoms with E-state index in [9.17, 15) is 18.8 Å². The third kappa shape index (κ3) is 4.96. The number of nitrogens with two attached hydrogens (primary N) is 1. The van der Waals surface area contributed by atoms with Crippen molar-refractivity contribution in [3.63, 3.8) is 0 Å². The van der Waals surface area contributed by atoms with Crippen LogP contribution >= 0.6 is 0 Å². The van der Waals surface area contributed by atoms with E-state index in [1.54, 1.807) is 18.2 Å². The first-order chi connectivity index (χ1) is 15.4. The molecule has 0 aliphatic carbocycles. The molecule has 168 valence electrons. The number of rotatable bonds is 6. The van der Waals surface area contributed by atoms with E-state index < -0.39 is 11.7 Å². The molecule has 2 atom stereocenters. The maximum absolute atomic E-state index is 14.0. The zero-order chi connectivity index (χ0) is 22.7. The molecule has 2 aliphatic rings. The number of anilines is 2. The van der Waals surface area contributed by atoms with Crippen LogP contribution in [0.5, 0.6) is 0 Å².